The second-order valence-electron chi connectivity index (χ2n) is 7.44. The van der Waals surface area contributed by atoms with Gasteiger partial charge in [-0.1, -0.05) is 25.0 Å². The van der Waals surface area contributed by atoms with Crippen molar-refractivity contribution in [2.75, 3.05) is 7.11 Å². The molecule has 1 fully saturated rings. The zero-order chi connectivity index (χ0) is 20.4. The first-order valence-electron chi connectivity index (χ1n) is 9.82. The molecular formula is C22H24FN3O3. The molecule has 0 saturated heterocycles. The Hall–Kier alpha value is -2.93. The third kappa shape index (κ3) is 3.96. The molecule has 1 aliphatic carbocycles. The van der Waals surface area contributed by atoms with Gasteiger partial charge in [0, 0.05) is 25.0 Å². The Kier molecular flexibility index (Phi) is 5.49. The SMILES string of the molecule is COc1ccnc2c(C(=O)N[C@H]3CCCC[C@@H]3O)cn(Cc3ccc(F)cc3)c12. The predicted octanol–water partition coefficient (Wildman–Crippen LogP) is 3.27. The maximum Gasteiger partial charge on any atom is 0.255 e. The van der Waals surface area contributed by atoms with Crippen LogP contribution in [-0.4, -0.2) is 39.8 Å². The summed E-state index contributed by atoms with van der Waals surface area (Å²) in [6.07, 6.45) is 6.25. The van der Waals surface area contributed by atoms with E-state index in [1.165, 1.54) is 12.1 Å². The number of aliphatic hydroxyl groups is 1. The van der Waals surface area contributed by atoms with Crippen LogP contribution in [0.1, 0.15) is 41.6 Å². The van der Waals surface area contributed by atoms with E-state index in [-0.39, 0.29) is 17.8 Å². The Morgan fingerprint density at radius 3 is 2.76 bits per heavy atom. The van der Waals surface area contributed by atoms with Gasteiger partial charge in [0.2, 0.25) is 0 Å². The number of rotatable bonds is 5. The molecule has 1 amide bonds. The number of hydrogen-bond acceptors (Lipinski definition) is 4. The third-order valence-electron chi connectivity index (χ3n) is 5.49. The van der Waals surface area contributed by atoms with Gasteiger partial charge >= 0.3 is 0 Å². The van der Waals surface area contributed by atoms with Crippen molar-refractivity contribution in [2.45, 2.75) is 44.4 Å². The number of pyridine rings is 1. The zero-order valence-electron chi connectivity index (χ0n) is 16.3. The van der Waals surface area contributed by atoms with Crippen molar-refractivity contribution in [3.8, 4) is 5.75 Å². The summed E-state index contributed by atoms with van der Waals surface area (Å²) in [6.45, 7) is 0.443. The molecule has 0 spiro atoms. The maximum absolute atomic E-state index is 13.3. The summed E-state index contributed by atoms with van der Waals surface area (Å²) in [4.78, 5) is 17.4. The lowest BCUT2D eigenvalue weighted by Gasteiger charge is -2.28. The third-order valence-corrected chi connectivity index (χ3v) is 5.49. The highest BCUT2D eigenvalue weighted by Crippen LogP contribution is 2.29. The first kappa shape index (κ1) is 19.4. The topological polar surface area (TPSA) is 76.4 Å². The van der Waals surface area contributed by atoms with Gasteiger partial charge in [-0.25, -0.2) is 4.39 Å². The average Bonchev–Trinajstić information content (AvgIpc) is 3.10. The van der Waals surface area contributed by atoms with E-state index in [1.54, 1.807) is 37.7 Å². The molecule has 0 aliphatic heterocycles. The molecule has 3 aromatic rings. The monoisotopic (exact) mass is 397 g/mol. The predicted molar refractivity (Wildman–Crippen MR) is 108 cm³/mol. The van der Waals surface area contributed by atoms with Gasteiger partial charge in [0.05, 0.1) is 24.8 Å². The van der Waals surface area contributed by atoms with Crippen molar-refractivity contribution in [3.05, 3.63) is 59.7 Å². The molecule has 2 N–H and O–H groups in total. The molecule has 0 radical (unpaired) electrons. The largest absolute Gasteiger partial charge is 0.494 e. The molecule has 1 aromatic carbocycles. The number of nitrogens with zero attached hydrogens (tertiary/aromatic N) is 2. The number of nitrogens with one attached hydrogen (secondary N) is 1. The van der Waals surface area contributed by atoms with Crippen LogP contribution >= 0.6 is 0 Å². The van der Waals surface area contributed by atoms with E-state index < -0.39 is 6.10 Å². The number of methoxy groups -OCH3 is 1. The molecule has 2 aromatic heterocycles. The van der Waals surface area contributed by atoms with Gasteiger partial charge in [0.25, 0.3) is 5.91 Å². The molecule has 29 heavy (non-hydrogen) atoms. The summed E-state index contributed by atoms with van der Waals surface area (Å²) < 4.78 is 20.6. The summed E-state index contributed by atoms with van der Waals surface area (Å²) in [6, 6.07) is 7.74. The number of fused-ring (bicyclic) bond motifs is 1. The zero-order valence-corrected chi connectivity index (χ0v) is 16.3. The van der Waals surface area contributed by atoms with Crippen LogP contribution in [0.5, 0.6) is 5.75 Å². The second kappa shape index (κ2) is 8.21. The van der Waals surface area contributed by atoms with Gasteiger partial charge in [0.1, 0.15) is 22.6 Å². The van der Waals surface area contributed by atoms with E-state index in [2.05, 4.69) is 10.3 Å². The molecular weight excluding hydrogens is 373 g/mol. The number of carbonyl (C=O) groups is 1. The van der Waals surface area contributed by atoms with Crippen LogP contribution in [0.2, 0.25) is 0 Å². The number of benzene rings is 1. The van der Waals surface area contributed by atoms with Crippen LogP contribution in [0.25, 0.3) is 11.0 Å². The molecule has 0 unspecified atom stereocenters. The van der Waals surface area contributed by atoms with Crippen LogP contribution in [0.4, 0.5) is 4.39 Å². The van der Waals surface area contributed by atoms with Gasteiger partial charge < -0.3 is 19.7 Å². The van der Waals surface area contributed by atoms with E-state index in [1.807, 2.05) is 4.57 Å². The fourth-order valence-corrected chi connectivity index (χ4v) is 3.96. The first-order valence-corrected chi connectivity index (χ1v) is 9.82. The highest BCUT2D eigenvalue weighted by atomic mass is 19.1. The molecule has 0 bridgehead atoms. The highest BCUT2D eigenvalue weighted by Gasteiger charge is 2.27. The molecule has 4 rings (SSSR count). The summed E-state index contributed by atoms with van der Waals surface area (Å²) in [7, 11) is 1.57. The summed E-state index contributed by atoms with van der Waals surface area (Å²) in [5, 5.41) is 13.2. The first-order chi connectivity index (χ1) is 14.1. The van der Waals surface area contributed by atoms with Gasteiger partial charge in [-0.3, -0.25) is 9.78 Å². The van der Waals surface area contributed by atoms with Crippen molar-refractivity contribution in [1.29, 1.82) is 0 Å². The van der Waals surface area contributed by atoms with Crippen LogP contribution in [0, 0.1) is 5.82 Å². The highest BCUT2D eigenvalue weighted by molar-refractivity contribution is 6.06. The number of halogens is 1. The Balaban J connectivity index is 1.70. The lowest BCUT2D eigenvalue weighted by Crippen LogP contribution is -2.45. The minimum absolute atomic E-state index is 0.252. The normalized spacial score (nSPS) is 19.3. The van der Waals surface area contributed by atoms with Crippen molar-refractivity contribution >= 4 is 16.9 Å². The number of aromatic nitrogens is 2. The van der Waals surface area contributed by atoms with Gasteiger partial charge in [-0.05, 0) is 30.5 Å². The maximum atomic E-state index is 13.3. The number of amides is 1. The smallest absolute Gasteiger partial charge is 0.255 e. The minimum Gasteiger partial charge on any atom is -0.494 e. The molecule has 2 heterocycles. The van der Waals surface area contributed by atoms with E-state index in [4.69, 9.17) is 4.74 Å². The number of ether oxygens (including phenoxy) is 1. The van der Waals surface area contributed by atoms with E-state index in [0.717, 1.165) is 24.8 Å². The summed E-state index contributed by atoms with van der Waals surface area (Å²) in [5.41, 5.74) is 2.56. The van der Waals surface area contributed by atoms with Gasteiger partial charge in [-0.2, -0.15) is 0 Å². The van der Waals surface area contributed by atoms with Crippen molar-refractivity contribution in [2.24, 2.45) is 0 Å². The van der Waals surface area contributed by atoms with Crippen LogP contribution in [0.15, 0.2) is 42.7 Å². The minimum atomic E-state index is -0.525. The fraction of sp³-hybridized carbons (Fsp3) is 0.364. The molecule has 6 nitrogen and oxygen atoms in total. The molecule has 1 aliphatic rings. The van der Waals surface area contributed by atoms with E-state index in [9.17, 15) is 14.3 Å². The van der Waals surface area contributed by atoms with Crippen molar-refractivity contribution in [3.63, 3.8) is 0 Å². The Morgan fingerprint density at radius 2 is 2.03 bits per heavy atom. The Bertz CT molecular complexity index is 1020. The fourth-order valence-electron chi connectivity index (χ4n) is 3.96. The lowest BCUT2D eigenvalue weighted by atomic mass is 9.92. The van der Waals surface area contributed by atoms with Gasteiger partial charge in [-0.15, -0.1) is 0 Å². The molecule has 7 heteroatoms. The van der Waals surface area contributed by atoms with Crippen LogP contribution < -0.4 is 10.1 Å². The lowest BCUT2D eigenvalue weighted by molar-refractivity contribution is 0.0718. The molecule has 1 saturated carbocycles. The van der Waals surface area contributed by atoms with Gasteiger partial charge in [0.15, 0.2) is 0 Å². The number of aliphatic hydroxyl groups excluding tert-OH is 1. The van der Waals surface area contributed by atoms with Crippen LogP contribution in [0.3, 0.4) is 0 Å². The summed E-state index contributed by atoms with van der Waals surface area (Å²) >= 11 is 0. The number of hydrogen-bond donors (Lipinski definition) is 2. The van der Waals surface area contributed by atoms with E-state index in [0.29, 0.717) is 35.3 Å². The standard InChI is InChI=1S/C22H24FN3O3/c1-29-19-10-11-24-20-16(22(28)25-17-4-2-3-5-18(17)27)13-26(21(19)20)12-14-6-8-15(23)9-7-14/h6-11,13,17-18,27H,2-5,12H2,1H3,(H,25,28)/t17-,18-/m0/s1. The molecule has 2 atom stereocenters. The average molecular weight is 397 g/mol. The van der Waals surface area contributed by atoms with Crippen LogP contribution in [-0.2, 0) is 6.54 Å². The van der Waals surface area contributed by atoms with Crippen molar-refractivity contribution < 1.29 is 19.0 Å². The summed E-state index contributed by atoms with van der Waals surface area (Å²) in [5.74, 6) is 0.0462. The Morgan fingerprint density at radius 1 is 1.28 bits per heavy atom. The molecule has 152 valence electrons. The van der Waals surface area contributed by atoms with Crippen molar-refractivity contribution in [1.82, 2.24) is 14.9 Å². The van der Waals surface area contributed by atoms with E-state index >= 15 is 0 Å². The Labute approximate surface area is 168 Å². The quantitative estimate of drug-likeness (QED) is 0.693. The second-order valence-corrected chi connectivity index (χ2v) is 7.44. The number of carbonyl (C=O) groups excluding carboxylic acids is 1.